The first-order chi connectivity index (χ1) is 7.83. The molecule has 0 heterocycles. The van der Waals surface area contributed by atoms with Gasteiger partial charge in [-0.15, -0.1) is 0 Å². The quantitative estimate of drug-likeness (QED) is 0.317. The minimum absolute atomic E-state index is 0.273. The van der Waals surface area contributed by atoms with Gasteiger partial charge >= 0.3 is 5.97 Å². The van der Waals surface area contributed by atoms with E-state index in [0.29, 0.717) is 13.0 Å². The van der Waals surface area contributed by atoms with Gasteiger partial charge in [-0.05, 0) is 12.0 Å². The number of esters is 1. The van der Waals surface area contributed by atoms with Crippen molar-refractivity contribution in [1.29, 1.82) is 0 Å². The summed E-state index contributed by atoms with van der Waals surface area (Å²) < 4.78 is 5.03. The van der Waals surface area contributed by atoms with Crippen LogP contribution in [0.2, 0.25) is 0 Å². The fourth-order valence-electron chi connectivity index (χ4n) is 1.16. The van der Waals surface area contributed by atoms with Gasteiger partial charge in [0.05, 0.1) is 6.54 Å². The second-order valence-electron chi connectivity index (χ2n) is 3.22. The van der Waals surface area contributed by atoms with E-state index in [4.69, 9.17) is 4.74 Å². The molecule has 1 aromatic carbocycles. The van der Waals surface area contributed by atoms with E-state index in [1.54, 1.807) is 0 Å². The highest BCUT2D eigenvalue weighted by Gasteiger charge is 2.02. The molecule has 4 heteroatoms. The number of rotatable bonds is 6. The van der Waals surface area contributed by atoms with Crippen molar-refractivity contribution in [2.24, 2.45) is 4.99 Å². The van der Waals surface area contributed by atoms with Crippen molar-refractivity contribution in [2.75, 3.05) is 6.54 Å². The van der Waals surface area contributed by atoms with E-state index >= 15 is 0 Å². The van der Waals surface area contributed by atoms with E-state index in [9.17, 15) is 9.59 Å². The number of nitrogens with zero attached hydrogens (tertiary/aromatic N) is 1. The van der Waals surface area contributed by atoms with E-state index in [-0.39, 0.29) is 19.0 Å². The largest absolute Gasteiger partial charge is 0.461 e. The maximum Gasteiger partial charge on any atom is 0.306 e. The zero-order valence-electron chi connectivity index (χ0n) is 8.89. The molecular formula is C12H13NO3. The Balaban J connectivity index is 2.18. The van der Waals surface area contributed by atoms with Crippen molar-refractivity contribution in [3.63, 3.8) is 0 Å². The lowest BCUT2D eigenvalue weighted by Gasteiger charge is -2.03. The Kier molecular flexibility index (Phi) is 5.59. The molecular weight excluding hydrogens is 206 g/mol. The smallest absolute Gasteiger partial charge is 0.306 e. The molecule has 0 amide bonds. The van der Waals surface area contributed by atoms with Crippen molar-refractivity contribution < 1.29 is 14.3 Å². The fraction of sp³-hybridized carbons (Fsp3) is 0.333. The van der Waals surface area contributed by atoms with E-state index in [1.165, 1.54) is 6.08 Å². The Labute approximate surface area is 94.0 Å². The first-order valence-electron chi connectivity index (χ1n) is 5.06. The van der Waals surface area contributed by atoms with Gasteiger partial charge in [-0.2, -0.15) is 0 Å². The number of benzene rings is 1. The van der Waals surface area contributed by atoms with Crippen LogP contribution in [0.3, 0.4) is 0 Å². The molecule has 0 bridgehead atoms. The van der Waals surface area contributed by atoms with Crippen molar-refractivity contribution in [2.45, 2.75) is 19.4 Å². The number of carbonyl (C=O) groups excluding carboxylic acids is 2. The predicted octanol–water partition coefficient (Wildman–Crippen LogP) is 1.85. The summed E-state index contributed by atoms with van der Waals surface area (Å²) in [5, 5.41) is 0. The Morgan fingerprint density at radius 2 is 2.06 bits per heavy atom. The summed E-state index contributed by atoms with van der Waals surface area (Å²) in [6, 6.07) is 9.47. The van der Waals surface area contributed by atoms with Gasteiger partial charge in [-0.25, -0.2) is 9.79 Å². The van der Waals surface area contributed by atoms with Crippen molar-refractivity contribution in [3.8, 4) is 0 Å². The molecule has 4 nitrogen and oxygen atoms in total. The highest BCUT2D eigenvalue weighted by atomic mass is 16.5. The standard InChI is InChI=1S/C12H13NO3/c14-10-13-8-4-7-12(15)16-9-11-5-2-1-3-6-11/h1-3,5-6H,4,7-9H2. The molecule has 0 atom stereocenters. The molecule has 0 fully saturated rings. The molecule has 0 N–H and O–H groups in total. The van der Waals surface area contributed by atoms with Crippen molar-refractivity contribution in [3.05, 3.63) is 35.9 Å². The molecule has 0 spiro atoms. The molecule has 0 aliphatic rings. The fourth-order valence-corrected chi connectivity index (χ4v) is 1.16. The highest BCUT2D eigenvalue weighted by Crippen LogP contribution is 2.02. The zero-order chi connectivity index (χ0) is 11.6. The van der Waals surface area contributed by atoms with Crippen LogP contribution in [0.4, 0.5) is 0 Å². The lowest BCUT2D eigenvalue weighted by molar-refractivity contribution is -0.145. The van der Waals surface area contributed by atoms with Gasteiger partial charge in [-0.1, -0.05) is 30.3 Å². The minimum Gasteiger partial charge on any atom is -0.461 e. The highest BCUT2D eigenvalue weighted by molar-refractivity contribution is 5.69. The number of ether oxygens (including phenoxy) is 1. The van der Waals surface area contributed by atoms with Gasteiger partial charge in [0, 0.05) is 6.42 Å². The van der Waals surface area contributed by atoms with E-state index < -0.39 is 0 Å². The second-order valence-corrected chi connectivity index (χ2v) is 3.22. The van der Waals surface area contributed by atoms with E-state index in [2.05, 4.69) is 4.99 Å². The predicted molar refractivity (Wildman–Crippen MR) is 58.5 cm³/mol. The van der Waals surface area contributed by atoms with E-state index in [0.717, 1.165) is 5.56 Å². The monoisotopic (exact) mass is 219 g/mol. The van der Waals surface area contributed by atoms with Crippen LogP contribution in [0.15, 0.2) is 35.3 Å². The average Bonchev–Trinajstić information content (AvgIpc) is 2.33. The molecule has 16 heavy (non-hydrogen) atoms. The molecule has 0 aliphatic carbocycles. The summed E-state index contributed by atoms with van der Waals surface area (Å²) in [5.41, 5.74) is 0.960. The van der Waals surface area contributed by atoms with Crippen LogP contribution in [0.25, 0.3) is 0 Å². The summed E-state index contributed by atoms with van der Waals surface area (Å²) in [5.74, 6) is -0.273. The maximum atomic E-state index is 11.2. The third-order valence-electron chi connectivity index (χ3n) is 1.96. The third-order valence-corrected chi connectivity index (χ3v) is 1.96. The lowest BCUT2D eigenvalue weighted by atomic mass is 10.2. The van der Waals surface area contributed by atoms with Crippen LogP contribution in [-0.4, -0.2) is 18.6 Å². The Hall–Kier alpha value is -1.93. The summed E-state index contributed by atoms with van der Waals surface area (Å²) in [6.07, 6.45) is 2.21. The molecule has 1 rings (SSSR count). The normalized spacial score (nSPS) is 9.25. The Morgan fingerprint density at radius 1 is 1.31 bits per heavy atom. The lowest BCUT2D eigenvalue weighted by Crippen LogP contribution is -2.04. The molecule has 0 aromatic heterocycles. The topological polar surface area (TPSA) is 55.7 Å². The van der Waals surface area contributed by atoms with Crippen LogP contribution in [-0.2, 0) is 20.9 Å². The number of hydrogen-bond donors (Lipinski definition) is 0. The molecule has 1 aromatic rings. The van der Waals surface area contributed by atoms with Crippen molar-refractivity contribution in [1.82, 2.24) is 0 Å². The second kappa shape index (κ2) is 7.37. The molecule has 0 radical (unpaired) electrons. The first-order valence-corrected chi connectivity index (χ1v) is 5.06. The summed E-state index contributed by atoms with van der Waals surface area (Å²) in [6.45, 7) is 0.612. The van der Waals surface area contributed by atoms with Crippen LogP contribution in [0, 0.1) is 0 Å². The summed E-state index contributed by atoms with van der Waals surface area (Å²) >= 11 is 0. The molecule has 0 saturated carbocycles. The van der Waals surface area contributed by atoms with Gasteiger partial charge in [0.1, 0.15) is 6.61 Å². The zero-order valence-corrected chi connectivity index (χ0v) is 8.89. The minimum atomic E-state index is -0.273. The summed E-state index contributed by atoms with van der Waals surface area (Å²) in [4.78, 5) is 24.3. The number of hydrogen-bond acceptors (Lipinski definition) is 4. The SMILES string of the molecule is O=C=NCCCC(=O)OCc1ccccc1. The Morgan fingerprint density at radius 3 is 2.75 bits per heavy atom. The van der Waals surface area contributed by atoms with Crippen LogP contribution in [0.1, 0.15) is 18.4 Å². The van der Waals surface area contributed by atoms with Crippen LogP contribution < -0.4 is 0 Å². The van der Waals surface area contributed by atoms with Gasteiger partial charge in [0.25, 0.3) is 0 Å². The van der Waals surface area contributed by atoms with Crippen molar-refractivity contribution >= 4 is 12.0 Å². The first kappa shape index (κ1) is 12.1. The number of carbonyl (C=O) groups is 1. The average molecular weight is 219 g/mol. The maximum absolute atomic E-state index is 11.2. The molecule has 0 aliphatic heterocycles. The third kappa shape index (κ3) is 5.08. The van der Waals surface area contributed by atoms with Gasteiger partial charge in [0.15, 0.2) is 0 Å². The molecule has 84 valence electrons. The number of isocyanates is 1. The van der Waals surface area contributed by atoms with Gasteiger partial charge in [-0.3, -0.25) is 4.79 Å². The van der Waals surface area contributed by atoms with E-state index in [1.807, 2.05) is 30.3 Å². The molecule has 0 unspecified atom stereocenters. The Bertz CT molecular complexity index is 369. The van der Waals surface area contributed by atoms with Crippen LogP contribution in [0.5, 0.6) is 0 Å². The molecule has 0 saturated heterocycles. The van der Waals surface area contributed by atoms with Gasteiger partial charge < -0.3 is 4.74 Å². The van der Waals surface area contributed by atoms with Crippen LogP contribution >= 0.6 is 0 Å². The summed E-state index contributed by atoms with van der Waals surface area (Å²) in [7, 11) is 0. The van der Waals surface area contributed by atoms with Gasteiger partial charge in [0.2, 0.25) is 6.08 Å². The number of aliphatic imine (C=N–C) groups is 1.